The molecular weight excluding hydrogens is 298 g/mol. The lowest BCUT2D eigenvalue weighted by Gasteiger charge is -2.38. The lowest BCUT2D eigenvalue weighted by atomic mass is 9.90. The Morgan fingerprint density at radius 3 is 2.87 bits per heavy atom. The number of carbonyl (C=O) groups excluding carboxylic acids is 1. The molecule has 2 heterocycles. The van der Waals surface area contributed by atoms with Crippen LogP contribution in [-0.2, 0) is 17.6 Å². The van der Waals surface area contributed by atoms with Gasteiger partial charge >= 0.3 is 6.09 Å². The maximum Gasteiger partial charge on any atom is 0.410 e. The molecule has 2 rings (SSSR count). The third-order valence-electron chi connectivity index (χ3n) is 3.67. The van der Waals surface area contributed by atoms with E-state index in [9.17, 15) is 9.90 Å². The number of hydrogen-bond donors (Lipinski definition) is 1. The highest BCUT2D eigenvalue weighted by Gasteiger charge is 2.38. The van der Waals surface area contributed by atoms with Gasteiger partial charge in [0.2, 0.25) is 5.89 Å². The summed E-state index contributed by atoms with van der Waals surface area (Å²) in [6.07, 6.45) is 2.86. The SMILES string of the molecule is CCCc1noc(C[C@@]2(O)CCCN(C(=O)OC(C)(C)C)C2)n1. The third-order valence-corrected chi connectivity index (χ3v) is 3.67. The smallest absolute Gasteiger partial charge is 0.410 e. The number of carbonyl (C=O) groups is 1. The second-order valence-corrected chi connectivity index (χ2v) is 7.26. The minimum absolute atomic E-state index is 0.216. The number of nitrogens with zero attached hydrogens (tertiary/aromatic N) is 3. The minimum atomic E-state index is -1.05. The lowest BCUT2D eigenvalue weighted by molar-refractivity contribution is -0.0458. The first kappa shape index (κ1) is 17.7. The summed E-state index contributed by atoms with van der Waals surface area (Å²) in [5.41, 5.74) is -1.60. The molecule has 1 atom stereocenters. The maximum absolute atomic E-state index is 12.2. The third kappa shape index (κ3) is 5.20. The lowest BCUT2D eigenvalue weighted by Crippen LogP contribution is -2.52. The van der Waals surface area contributed by atoms with Gasteiger partial charge in [-0.2, -0.15) is 4.98 Å². The molecule has 1 N–H and O–H groups in total. The highest BCUT2D eigenvalue weighted by atomic mass is 16.6. The largest absolute Gasteiger partial charge is 0.444 e. The summed E-state index contributed by atoms with van der Waals surface area (Å²) in [7, 11) is 0. The zero-order chi connectivity index (χ0) is 17.1. The first-order valence-corrected chi connectivity index (χ1v) is 8.22. The monoisotopic (exact) mass is 325 g/mol. The number of amides is 1. The molecule has 0 unspecified atom stereocenters. The fourth-order valence-electron chi connectivity index (χ4n) is 2.71. The van der Waals surface area contributed by atoms with Gasteiger partial charge in [-0.15, -0.1) is 0 Å². The van der Waals surface area contributed by atoms with Crippen molar-refractivity contribution in [1.29, 1.82) is 0 Å². The predicted molar refractivity (Wildman–Crippen MR) is 84.0 cm³/mol. The Balaban J connectivity index is 1.98. The zero-order valence-electron chi connectivity index (χ0n) is 14.5. The van der Waals surface area contributed by atoms with Crippen LogP contribution in [-0.4, -0.2) is 50.5 Å². The Morgan fingerprint density at radius 1 is 1.48 bits per heavy atom. The van der Waals surface area contributed by atoms with Crippen molar-refractivity contribution in [2.24, 2.45) is 0 Å². The van der Waals surface area contributed by atoms with Crippen molar-refractivity contribution in [3.63, 3.8) is 0 Å². The van der Waals surface area contributed by atoms with Crippen LogP contribution in [0, 0.1) is 0 Å². The molecule has 1 aliphatic rings. The van der Waals surface area contributed by atoms with E-state index in [1.54, 1.807) is 4.90 Å². The molecule has 0 saturated carbocycles. The quantitative estimate of drug-likeness (QED) is 0.914. The second-order valence-electron chi connectivity index (χ2n) is 7.26. The van der Waals surface area contributed by atoms with Crippen LogP contribution >= 0.6 is 0 Å². The van der Waals surface area contributed by atoms with Crippen LogP contribution in [0.5, 0.6) is 0 Å². The number of aromatic nitrogens is 2. The van der Waals surface area contributed by atoms with Gasteiger partial charge < -0.3 is 19.3 Å². The fourth-order valence-corrected chi connectivity index (χ4v) is 2.71. The predicted octanol–water partition coefficient (Wildman–Crippen LogP) is 2.33. The van der Waals surface area contributed by atoms with E-state index in [4.69, 9.17) is 9.26 Å². The minimum Gasteiger partial charge on any atom is -0.444 e. The van der Waals surface area contributed by atoms with Crippen LogP contribution in [0.15, 0.2) is 4.52 Å². The van der Waals surface area contributed by atoms with Gasteiger partial charge in [-0.1, -0.05) is 12.1 Å². The van der Waals surface area contributed by atoms with Crippen molar-refractivity contribution >= 4 is 6.09 Å². The number of hydrogen-bond acceptors (Lipinski definition) is 6. The number of rotatable bonds is 4. The Morgan fingerprint density at radius 2 is 2.22 bits per heavy atom. The van der Waals surface area contributed by atoms with Crippen molar-refractivity contribution in [2.75, 3.05) is 13.1 Å². The van der Waals surface area contributed by atoms with Gasteiger partial charge in [0.1, 0.15) is 5.60 Å². The van der Waals surface area contributed by atoms with Crippen LogP contribution in [0.25, 0.3) is 0 Å². The molecule has 1 fully saturated rings. The zero-order valence-corrected chi connectivity index (χ0v) is 14.5. The highest BCUT2D eigenvalue weighted by molar-refractivity contribution is 5.68. The number of aliphatic hydroxyl groups is 1. The van der Waals surface area contributed by atoms with Gasteiger partial charge in [0, 0.05) is 13.0 Å². The molecule has 7 nitrogen and oxygen atoms in total. The standard InChI is InChI=1S/C16H27N3O4/c1-5-7-12-17-13(23-18-12)10-16(21)8-6-9-19(11-16)14(20)22-15(2,3)4/h21H,5-11H2,1-4H3/t16-/m0/s1. The molecule has 0 aliphatic carbocycles. The average molecular weight is 325 g/mol. The van der Waals surface area contributed by atoms with Gasteiger partial charge in [0.15, 0.2) is 5.82 Å². The molecule has 130 valence electrons. The molecular formula is C16H27N3O4. The Labute approximate surface area is 137 Å². The Kier molecular flexibility index (Phi) is 5.29. The summed E-state index contributed by atoms with van der Waals surface area (Å²) < 4.78 is 10.6. The van der Waals surface area contributed by atoms with E-state index in [2.05, 4.69) is 10.1 Å². The first-order chi connectivity index (χ1) is 10.7. The summed E-state index contributed by atoms with van der Waals surface area (Å²) in [5.74, 6) is 1.08. The van der Waals surface area contributed by atoms with Crippen LogP contribution in [0.1, 0.15) is 58.7 Å². The van der Waals surface area contributed by atoms with Gasteiger partial charge in [0.05, 0.1) is 18.6 Å². The summed E-state index contributed by atoms with van der Waals surface area (Å²) in [5, 5.41) is 14.7. The van der Waals surface area contributed by atoms with Crippen LogP contribution in [0.3, 0.4) is 0 Å². The molecule has 1 aromatic heterocycles. The van der Waals surface area contributed by atoms with E-state index >= 15 is 0 Å². The maximum atomic E-state index is 12.2. The van der Waals surface area contributed by atoms with Crippen molar-refractivity contribution in [3.05, 3.63) is 11.7 Å². The molecule has 23 heavy (non-hydrogen) atoms. The molecule has 0 spiro atoms. The van der Waals surface area contributed by atoms with E-state index in [1.807, 2.05) is 27.7 Å². The highest BCUT2D eigenvalue weighted by Crippen LogP contribution is 2.26. The van der Waals surface area contributed by atoms with E-state index < -0.39 is 17.3 Å². The molecule has 0 bridgehead atoms. The summed E-state index contributed by atoms with van der Waals surface area (Å²) in [6.45, 7) is 8.33. The average Bonchev–Trinajstić information content (AvgIpc) is 2.84. The summed E-state index contributed by atoms with van der Waals surface area (Å²) >= 11 is 0. The second kappa shape index (κ2) is 6.86. The summed E-state index contributed by atoms with van der Waals surface area (Å²) in [6, 6.07) is 0. The van der Waals surface area contributed by atoms with E-state index in [0.29, 0.717) is 31.1 Å². The molecule has 1 aliphatic heterocycles. The number of likely N-dealkylation sites (tertiary alicyclic amines) is 1. The topological polar surface area (TPSA) is 88.7 Å². The van der Waals surface area contributed by atoms with Gasteiger partial charge in [-0.05, 0) is 40.0 Å². The van der Waals surface area contributed by atoms with Gasteiger partial charge in [-0.3, -0.25) is 0 Å². The van der Waals surface area contributed by atoms with Gasteiger partial charge in [0.25, 0.3) is 0 Å². The number of β-amino-alcohol motifs (C(OH)–C–C–N with tert-alkyl or cyclic N) is 1. The number of ether oxygens (including phenoxy) is 1. The molecule has 1 aromatic rings. The Bertz CT molecular complexity index is 538. The molecule has 1 saturated heterocycles. The van der Waals surface area contributed by atoms with E-state index in [1.165, 1.54) is 0 Å². The number of aryl methyl sites for hydroxylation is 1. The van der Waals surface area contributed by atoms with E-state index in [-0.39, 0.29) is 13.0 Å². The van der Waals surface area contributed by atoms with Gasteiger partial charge in [-0.25, -0.2) is 4.79 Å². The van der Waals surface area contributed by atoms with Crippen LogP contribution < -0.4 is 0 Å². The summed E-state index contributed by atoms with van der Waals surface area (Å²) in [4.78, 5) is 18.0. The normalized spacial score (nSPS) is 22.2. The molecule has 1 amide bonds. The van der Waals surface area contributed by atoms with E-state index in [0.717, 1.165) is 12.8 Å². The van der Waals surface area contributed by atoms with Crippen molar-refractivity contribution in [2.45, 2.75) is 71.0 Å². The molecule has 0 radical (unpaired) electrons. The van der Waals surface area contributed by atoms with Crippen LogP contribution in [0.4, 0.5) is 4.79 Å². The van der Waals surface area contributed by atoms with Crippen molar-refractivity contribution in [3.8, 4) is 0 Å². The van der Waals surface area contributed by atoms with Crippen molar-refractivity contribution < 1.29 is 19.2 Å². The van der Waals surface area contributed by atoms with Crippen LogP contribution in [0.2, 0.25) is 0 Å². The van der Waals surface area contributed by atoms with Crippen molar-refractivity contribution in [1.82, 2.24) is 15.0 Å². The molecule has 0 aromatic carbocycles. The molecule has 7 heteroatoms. The first-order valence-electron chi connectivity index (χ1n) is 8.22. The Hall–Kier alpha value is -1.63. The fraction of sp³-hybridized carbons (Fsp3) is 0.812. The number of piperidine rings is 1.